The van der Waals surface area contributed by atoms with Gasteiger partial charge in [-0.15, -0.1) is 0 Å². The van der Waals surface area contributed by atoms with Gasteiger partial charge in [0.25, 0.3) is 5.91 Å². The summed E-state index contributed by atoms with van der Waals surface area (Å²) in [4.78, 5) is 25.5. The van der Waals surface area contributed by atoms with Crippen molar-refractivity contribution >= 4 is 11.7 Å². The Morgan fingerprint density at radius 2 is 1.62 bits per heavy atom. The third-order valence-electron chi connectivity index (χ3n) is 5.43. The van der Waals surface area contributed by atoms with Crippen LogP contribution in [0.2, 0.25) is 0 Å². The Morgan fingerprint density at radius 3 is 2.28 bits per heavy atom. The van der Waals surface area contributed by atoms with E-state index in [4.69, 9.17) is 9.47 Å². The Hall–Kier alpha value is -3.68. The topological polar surface area (TPSA) is 67.8 Å². The van der Waals surface area contributed by atoms with Crippen LogP contribution in [0.1, 0.15) is 6.92 Å². The molecular weight excluding hydrogens is 411 g/mol. The van der Waals surface area contributed by atoms with E-state index in [2.05, 4.69) is 14.9 Å². The van der Waals surface area contributed by atoms with Crippen LogP contribution in [0, 0.1) is 5.82 Å². The molecule has 1 fully saturated rings. The molecule has 1 atom stereocenters. The number of anilines is 1. The standard InChI is InChI=1S/C24H25FN4O3/c1-17(32-21-9-7-20(31-2)8-10-21)24(30)29-13-11-28(12-14-29)23-15-22(26-16-27-23)18-3-5-19(25)6-4-18/h3-10,15-17H,11-14H2,1-2H3. The zero-order chi connectivity index (χ0) is 22.5. The highest BCUT2D eigenvalue weighted by Crippen LogP contribution is 2.23. The van der Waals surface area contributed by atoms with E-state index in [1.54, 1.807) is 50.4 Å². The van der Waals surface area contributed by atoms with Gasteiger partial charge in [0, 0.05) is 37.8 Å². The van der Waals surface area contributed by atoms with Crippen molar-refractivity contribution in [3.63, 3.8) is 0 Å². The third kappa shape index (κ3) is 4.96. The number of benzene rings is 2. The summed E-state index contributed by atoms with van der Waals surface area (Å²) < 4.78 is 24.1. The number of halogens is 1. The normalized spacial score (nSPS) is 14.7. The number of hydrogen-bond acceptors (Lipinski definition) is 6. The van der Waals surface area contributed by atoms with E-state index in [0.29, 0.717) is 31.9 Å². The maximum Gasteiger partial charge on any atom is 0.263 e. The average Bonchev–Trinajstić information content (AvgIpc) is 2.84. The minimum absolute atomic E-state index is 0.0462. The zero-order valence-corrected chi connectivity index (χ0v) is 18.1. The van der Waals surface area contributed by atoms with Gasteiger partial charge in [0.15, 0.2) is 6.10 Å². The molecule has 0 N–H and O–H groups in total. The first-order valence-electron chi connectivity index (χ1n) is 10.5. The monoisotopic (exact) mass is 436 g/mol. The molecule has 1 aliphatic rings. The van der Waals surface area contributed by atoms with Crippen LogP contribution in [0.4, 0.5) is 10.2 Å². The fraction of sp³-hybridized carbons (Fsp3) is 0.292. The Labute approximate surface area is 186 Å². The molecule has 0 saturated carbocycles. The summed E-state index contributed by atoms with van der Waals surface area (Å²) >= 11 is 0. The first-order chi connectivity index (χ1) is 15.5. The van der Waals surface area contributed by atoms with E-state index in [-0.39, 0.29) is 11.7 Å². The SMILES string of the molecule is COc1ccc(OC(C)C(=O)N2CCN(c3cc(-c4ccc(F)cc4)ncn3)CC2)cc1. The molecule has 2 heterocycles. The number of piperazine rings is 1. The molecule has 1 unspecified atom stereocenters. The molecule has 2 aromatic carbocycles. The highest BCUT2D eigenvalue weighted by atomic mass is 19.1. The van der Waals surface area contributed by atoms with Crippen LogP contribution in [0.15, 0.2) is 60.9 Å². The summed E-state index contributed by atoms with van der Waals surface area (Å²) in [7, 11) is 1.60. The second-order valence-electron chi connectivity index (χ2n) is 7.52. The van der Waals surface area contributed by atoms with Gasteiger partial charge in [-0.2, -0.15) is 0 Å². The lowest BCUT2D eigenvalue weighted by Crippen LogP contribution is -2.52. The molecule has 3 aromatic rings. The molecular formula is C24H25FN4O3. The van der Waals surface area contributed by atoms with Gasteiger partial charge >= 0.3 is 0 Å². The molecule has 7 nitrogen and oxygen atoms in total. The van der Waals surface area contributed by atoms with Crippen LogP contribution >= 0.6 is 0 Å². The van der Waals surface area contributed by atoms with Gasteiger partial charge in [-0.05, 0) is 55.5 Å². The fourth-order valence-corrected chi connectivity index (χ4v) is 3.62. The lowest BCUT2D eigenvalue weighted by Gasteiger charge is -2.36. The number of methoxy groups -OCH3 is 1. The van der Waals surface area contributed by atoms with Gasteiger partial charge in [0.05, 0.1) is 12.8 Å². The lowest BCUT2D eigenvalue weighted by molar-refractivity contribution is -0.138. The molecule has 8 heteroatoms. The smallest absolute Gasteiger partial charge is 0.263 e. The largest absolute Gasteiger partial charge is 0.497 e. The van der Waals surface area contributed by atoms with Gasteiger partial charge in [-0.1, -0.05) is 0 Å². The maximum absolute atomic E-state index is 13.2. The van der Waals surface area contributed by atoms with Crippen LogP contribution in [-0.2, 0) is 4.79 Å². The fourth-order valence-electron chi connectivity index (χ4n) is 3.62. The molecule has 0 spiro atoms. The number of nitrogens with zero attached hydrogens (tertiary/aromatic N) is 4. The van der Waals surface area contributed by atoms with E-state index in [1.807, 2.05) is 11.0 Å². The number of aromatic nitrogens is 2. The first-order valence-corrected chi connectivity index (χ1v) is 10.5. The van der Waals surface area contributed by atoms with Crippen LogP contribution in [-0.4, -0.2) is 60.2 Å². The van der Waals surface area contributed by atoms with Crippen LogP contribution in [0.3, 0.4) is 0 Å². The highest BCUT2D eigenvalue weighted by molar-refractivity contribution is 5.81. The van der Waals surface area contributed by atoms with E-state index >= 15 is 0 Å². The molecule has 1 aliphatic heterocycles. The molecule has 4 rings (SSSR count). The predicted octanol–water partition coefficient (Wildman–Crippen LogP) is 3.41. The summed E-state index contributed by atoms with van der Waals surface area (Å²) in [6, 6.07) is 15.3. The van der Waals surface area contributed by atoms with Crippen LogP contribution in [0.5, 0.6) is 11.5 Å². The zero-order valence-electron chi connectivity index (χ0n) is 18.1. The van der Waals surface area contributed by atoms with Crippen molar-refractivity contribution < 1.29 is 18.7 Å². The molecule has 1 saturated heterocycles. The van der Waals surface area contributed by atoms with Gasteiger partial charge in [-0.3, -0.25) is 4.79 Å². The Balaban J connectivity index is 1.34. The summed E-state index contributed by atoms with van der Waals surface area (Å²) in [6.45, 7) is 4.22. The second-order valence-corrected chi connectivity index (χ2v) is 7.52. The predicted molar refractivity (Wildman–Crippen MR) is 119 cm³/mol. The highest BCUT2D eigenvalue weighted by Gasteiger charge is 2.26. The summed E-state index contributed by atoms with van der Waals surface area (Å²) in [5.74, 6) is 1.82. The van der Waals surface area contributed by atoms with Crippen LogP contribution < -0.4 is 14.4 Å². The van der Waals surface area contributed by atoms with Crippen molar-refractivity contribution in [3.05, 3.63) is 66.7 Å². The van der Waals surface area contributed by atoms with Gasteiger partial charge in [0.1, 0.15) is 29.5 Å². The quantitative estimate of drug-likeness (QED) is 0.590. The minimum Gasteiger partial charge on any atom is -0.497 e. The van der Waals surface area contributed by atoms with Crippen molar-refractivity contribution in [1.82, 2.24) is 14.9 Å². The lowest BCUT2D eigenvalue weighted by atomic mass is 10.1. The van der Waals surface area contributed by atoms with Crippen LogP contribution in [0.25, 0.3) is 11.3 Å². The Morgan fingerprint density at radius 1 is 0.969 bits per heavy atom. The van der Waals surface area contributed by atoms with Crippen molar-refractivity contribution in [2.75, 3.05) is 38.2 Å². The summed E-state index contributed by atoms with van der Waals surface area (Å²) in [6.07, 6.45) is 0.926. The first kappa shape index (κ1) is 21.5. The molecule has 0 radical (unpaired) electrons. The van der Waals surface area contributed by atoms with Crippen molar-refractivity contribution in [3.8, 4) is 22.8 Å². The molecule has 0 aliphatic carbocycles. The number of amides is 1. The van der Waals surface area contributed by atoms with E-state index in [9.17, 15) is 9.18 Å². The molecule has 32 heavy (non-hydrogen) atoms. The molecule has 1 aromatic heterocycles. The van der Waals surface area contributed by atoms with Gasteiger partial charge < -0.3 is 19.3 Å². The van der Waals surface area contributed by atoms with Crippen molar-refractivity contribution in [2.45, 2.75) is 13.0 Å². The van der Waals surface area contributed by atoms with Crippen molar-refractivity contribution in [2.24, 2.45) is 0 Å². The van der Waals surface area contributed by atoms with Gasteiger partial charge in [-0.25, -0.2) is 14.4 Å². The second kappa shape index (κ2) is 9.64. The molecule has 1 amide bonds. The number of carbonyl (C=O) groups excluding carboxylic acids is 1. The number of carbonyl (C=O) groups is 1. The minimum atomic E-state index is -0.584. The van der Waals surface area contributed by atoms with E-state index in [0.717, 1.165) is 22.8 Å². The summed E-state index contributed by atoms with van der Waals surface area (Å²) in [5.41, 5.74) is 1.56. The Kier molecular flexibility index (Phi) is 6.49. The summed E-state index contributed by atoms with van der Waals surface area (Å²) in [5, 5.41) is 0. The number of ether oxygens (including phenoxy) is 2. The average molecular weight is 436 g/mol. The van der Waals surface area contributed by atoms with Crippen molar-refractivity contribution in [1.29, 1.82) is 0 Å². The maximum atomic E-state index is 13.2. The van der Waals surface area contributed by atoms with E-state index < -0.39 is 6.10 Å². The number of rotatable bonds is 6. The van der Waals surface area contributed by atoms with Gasteiger partial charge in [0.2, 0.25) is 0 Å². The molecule has 166 valence electrons. The third-order valence-corrected chi connectivity index (χ3v) is 5.43. The molecule has 0 bridgehead atoms. The van der Waals surface area contributed by atoms with E-state index in [1.165, 1.54) is 18.5 Å². The number of hydrogen-bond donors (Lipinski definition) is 0. The Bertz CT molecular complexity index is 1050.